The molecule has 202 valence electrons. The summed E-state index contributed by atoms with van der Waals surface area (Å²) in [6.07, 6.45) is 15.0. The Kier molecular flexibility index (Phi) is 12.2. The summed E-state index contributed by atoms with van der Waals surface area (Å²) in [7, 11) is 3.93. The molecular formula is C31H46N4O2. The average Bonchev–Trinajstić information content (AvgIpc) is 2.94. The summed E-state index contributed by atoms with van der Waals surface area (Å²) < 4.78 is 12.6. The van der Waals surface area contributed by atoms with Crippen molar-refractivity contribution in [2.24, 2.45) is 5.10 Å². The first-order valence-electron chi connectivity index (χ1n) is 14.1. The lowest BCUT2D eigenvalue weighted by molar-refractivity contribution is 0.301. The van der Waals surface area contributed by atoms with Crippen molar-refractivity contribution in [3.05, 3.63) is 48.0 Å². The largest absolute Gasteiger partial charge is 0.491 e. The van der Waals surface area contributed by atoms with Gasteiger partial charge in [-0.2, -0.15) is 5.10 Å². The SMILES string of the molecule is CCCCOc1cc(N(C)/N=C/C/C=C\c2ccccc2NC)c(OCCCC)cc1N1CCCCC1. The first kappa shape index (κ1) is 28.4. The Morgan fingerprint density at radius 1 is 0.973 bits per heavy atom. The number of hydrogen-bond acceptors (Lipinski definition) is 6. The molecule has 0 bridgehead atoms. The van der Waals surface area contributed by atoms with Gasteiger partial charge in [-0.05, 0) is 43.7 Å². The van der Waals surface area contributed by atoms with Gasteiger partial charge in [0.15, 0.2) is 0 Å². The van der Waals surface area contributed by atoms with Gasteiger partial charge in [0, 0.05) is 57.6 Å². The highest BCUT2D eigenvalue weighted by Gasteiger charge is 2.21. The van der Waals surface area contributed by atoms with Crippen molar-refractivity contribution in [2.45, 2.75) is 65.2 Å². The molecule has 0 atom stereocenters. The van der Waals surface area contributed by atoms with Crippen LogP contribution in [0.15, 0.2) is 47.6 Å². The van der Waals surface area contributed by atoms with Crippen molar-refractivity contribution in [2.75, 3.05) is 55.6 Å². The van der Waals surface area contributed by atoms with E-state index in [1.54, 1.807) is 0 Å². The van der Waals surface area contributed by atoms with Crippen molar-refractivity contribution < 1.29 is 9.47 Å². The van der Waals surface area contributed by atoms with Crippen LogP contribution in [0.25, 0.3) is 6.08 Å². The van der Waals surface area contributed by atoms with Gasteiger partial charge in [-0.25, -0.2) is 0 Å². The number of unbranched alkanes of at least 4 members (excludes halogenated alkanes) is 2. The molecule has 0 amide bonds. The van der Waals surface area contributed by atoms with Crippen molar-refractivity contribution in [3.8, 4) is 11.5 Å². The second-order valence-corrected chi connectivity index (χ2v) is 9.54. The van der Waals surface area contributed by atoms with E-state index in [2.05, 4.69) is 66.5 Å². The predicted octanol–water partition coefficient (Wildman–Crippen LogP) is 7.60. The second kappa shape index (κ2) is 15.9. The Balaban J connectivity index is 1.81. The molecule has 1 N–H and O–H groups in total. The van der Waals surface area contributed by atoms with Crippen LogP contribution in [0.5, 0.6) is 11.5 Å². The molecule has 0 unspecified atom stereocenters. The Labute approximate surface area is 224 Å². The van der Waals surface area contributed by atoms with Crippen LogP contribution in [-0.4, -0.2) is 46.6 Å². The number of benzene rings is 2. The fraction of sp³-hybridized carbons (Fsp3) is 0.516. The molecule has 0 spiro atoms. The topological polar surface area (TPSA) is 49.3 Å². The van der Waals surface area contributed by atoms with Crippen LogP contribution >= 0.6 is 0 Å². The third kappa shape index (κ3) is 8.73. The summed E-state index contributed by atoms with van der Waals surface area (Å²) in [5.41, 5.74) is 4.37. The number of rotatable bonds is 15. The van der Waals surface area contributed by atoms with Crippen LogP contribution in [0.1, 0.15) is 70.8 Å². The lowest BCUT2D eigenvalue weighted by atomic mass is 10.1. The first-order valence-corrected chi connectivity index (χ1v) is 14.1. The van der Waals surface area contributed by atoms with Crippen LogP contribution < -0.4 is 24.7 Å². The zero-order valence-electron chi connectivity index (χ0n) is 23.3. The number of hydrogen-bond donors (Lipinski definition) is 1. The smallest absolute Gasteiger partial charge is 0.146 e. The van der Waals surface area contributed by atoms with Gasteiger partial charge in [-0.15, -0.1) is 0 Å². The van der Waals surface area contributed by atoms with Gasteiger partial charge >= 0.3 is 0 Å². The summed E-state index contributed by atoms with van der Waals surface area (Å²) in [5.74, 6) is 1.80. The number of hydrazone groups is 1. The third-order valence-corrected chi connectivity index (χ3v) is 6.62. The number of nitrogens with one attached hydrogen (secondary N) is 1. The number of para-hydroxylation sites is 1. The molecule has 0 saturated carbocycles. The average molecular weight is 507 g/mol. The number of ether oxygens (including phenoxy) is 2. The molecule has 1 fully saturated rings. The molecule has 2 aromatic carbocycles. The van der Waals surface area contributed by atoms with Gasteiger partial charge < -0.3 is 19.7 Å². The Hall–Kier alpha value is -3.15. The molecule has 0 radical (unpaired) electrons. The summed E-state index contributed by atoms with van der Waals surface area (Å²) in [4.78, 5) is 2.46. The lowest BCUT2D eigenvalue weighted by Crippen LogP contribution is -2.30. The molecule has 1 heterocycles. The summed E-state index contributed by atoms with van der Waals surface area (Å²) in [6, 6.07) is 12.6. The van der Waals surface area contributed by atoms with E-state index in [9.17, 15) is 0 Å². The summed E-state index contributed by atoms with van der Waals surface area (Å²) >= 11 is 0. The van der Waals surface area contributed by atoms with E-state index >= 15 is 0 Å². The van der Waals surface area contributed by atoms with Gasteiger partial charge in [0.25, 0.3) is 0 Å². The number of nitrogens with zero attached hydrogens (tertiary/aromatic N) is 3. The first-order chi connectivity index (χ1) is 18.2. The molecule has 6 nitrogen and oxygen atoms in total. The molecule has 3 rings (SSSR count). The standard InChI is InChI=1S/C31H46N4O2/c1-5-7-22-36-30-25-29(35-20-14-9-15-21-35)31(37-23-8-6-2)24-28(30)34(4)33-19-13-12-17-26-16-10-11-18-27(26)32-3/h10-12,16-19,24-25,32H,5-9,13-15,20-23H2,1-4H3/b17-12-,33-19+. The molecular weight excluding hydrogens is 460 g/mol. The molecule has 37 heavy (non-hydrogen) atoms. The quantitative estimate of drug-likeness (QED) is 0.153. The van der Waals surface area contributed by atoms with Crippen LogP contribution in [-0.2, 0) is 0 Å². The van der Waals surface area contributed by atoms with Crippen molar-refractivity contribution in [1.29, 1.82) is 0 Å². The summed E-state index contributed by atoms with van der Waals surface area (Å²) in [6.45, 7) is 7.93. The van der Waals surface area contributed by atoms with Gasteiger partial charge in [0.2, 0.25) is 0 Å². The van der Waals surface area contributed by atoms with Crippen LogP contribution in [0.4, 0.5) is 17.1 Å². The minimum Gasteiger partial charge on any atom is -0.491 e. The zero-order valence-corrected chi connectivity index (χ0v) is 23.3. The van der Waals surface area contributed by atoms with Crippen molar-refractivity contribution in [1.82, 2.24) is 0 Å². The van der Waals surface area contributed by atoms with Crippen LogP contribution in [0.3, 0.4) is 0 Å². The molecule has 1 saturated heterocycles. The number of anilines is 3. The van der Waals surface area contributed by atoms with Gasteiger partial charge in [0.1, 0.15) is 17.2 Å². The van der Waals surface area contributed by atoms with Crippen molar-refractivity contribution in [3.63, 3.8) is 0 Å². The molecule has 6 heteroatoms. The number of piperidine rings is 1. The highest BCUT2D eigenvalue weighted by Crippen LogP contribution is 2.41. The maximum atomic E-state index is 6.32. The molecule has 0 aromatic heterocycles. The fourth-order valence-electron chi connectivity index (χ4n) is 4.42. The Bertz CT molecular complexity index is 999. The zero-order chi connectivity index (χ0) is 26.3. The normalized spacial score (nSPS) is 13.9. The highest BCUT2D eigenvalue weighted by atomic mass is 16.5. The van der Waals surface area contributed by atoms with E-state index in [0.717, 1.165) is 80.4 Å². The maximum absolute atomic E-state index is 6.32. The number of allylic oxidation sites excluding steroid dienone is 1. The van der Waals surface area contributed by atoms with E-state index < -0.39 is 0 Å². The third-order valence-electron chi connectivity index (χ3n) is 6.62. The molecule has 2 aromatic rings. The van der Waals surface area contributed by atoms with E-state index in [4.69, 9.17) is 14.6 Å². The predicted molar refractivity (Wildman–Crippen MR) is 160 cm³/mol. The van der Waals surface area contributed by atoms with E-state index in [1.807, 2.05) is 31.4 Å². The Morgan fingerprint density at radius 3 is 2.38 bits per heavy atom. The minimum absolute atomic E-state index is 0.699. The monoisotopic (exact) mass is 506 g/mol. The fourth-order valence-corrected chi connectivity index (χ4v) is 4.42. The van der Waals surface area contributed by atoms with Crippen LogP contribution in [0, 0.1) is 0 Å². The molecule has 1 aliphatic heterocycles. The minimum atomic E-state index is 0.699. The Morgan fingerprint density at radius 2 is 1.68 bits per heavy atom. The van der Waals surface area contributed by atoms with Gasteiger partial charge in [-0.3, -0.25) is 5.01 Å². The van der Waals surface area contributed by atoms with Crippen LogP contribution in [0.2, 0.25) is 0 Å². The van der Waals surface area contributed by atoms with E-state index in [-0.39, 0.29) is 0 Å². The maximum Gasteiger partial charge on any atom is 0.146 e. The second-order valence-electron chi connectivity index (χ2n) is 9.54. The van der Waals surface area contributed by atoms with Crippen molar-refractivity contribution >= 4 is 29.4 Å². The summed E-state index contributed by atoms with van der Waals surface area (Å²) in [5, 5.41) is 9.87. The molecule has 1 aliphatic rings. The lowest BCUT2D eigenvalue weighted by Gasteiger charge is -2.31. The molecule has 0 aliphatic carbocycles. The van der Waals surface area contributed by atoms with Gasteiger partial charge in [0.05, 0.1) is 18.9 Å². The van der Waals surface area contributed by atoms with E-state index in [0.29, 0.717) is 6.61 Å². The van der Waals surface area contributed by atoms with Gasteiger partial charge in [-0.1, -0.05) is 57.0 Å². The van der Waals surface area contributed by atoms with E-state index in [1.165, 1.54) is 24.8 Å². The highest BCUT2D eigenvalue weighted by molar-refractivity contribution is 5.74.